The molecule has 0 N–H and O–H groups in total. The minimum Gasteiger partial charge on any atom is -0.336 e. The van der Waals surface area contributed by atoms with Gasteiger partial charge in [-0.05, 0) is 48.1 Å². The van der Waals surface area contributed by atoms with Crippen molar-refractivity contribution in [1.29, 1.82) is 0 Å². The molecule has 1 aromatic rings. The molecule has 0 radical (unpaired) electrons. The van der Waals surface area contributed by atoms with Crippen LogP contribution in [-0.4, -0.2) is 48.4 Å². The van der Waals surface area contributed by atoms with Gasteiger partial charge < -0.3 is 9.80 Å². The van der Waals surface area contributed by atoms with Gasteiger partial charge in [0.1, 0.15) is 0 Å². The number of hydrogen-bond acceptors (Lipinski definition) is 2. The molecular weight excluding hydrogens is 316 g/mol. The fourth-order valence-electron chi connectivity index (χ4n) is 2.04. The largest absolute Gasteiger partial charge is 0.336 e. The number of nitrogens with zero attached hydrogens (tertiary/aromatic N) is 2. The van der Waals surface area contributed by atoms with Crippen molar-refractivity contribution in [3.63, 3.8) is 0 Å². The highest BCUT2D eigenvalue weighted by Crippen LogP contribution is 2.24. The van der Waals surface area contributed by atoms with Gasteiger partial charge in [0.25, 0.3) is 5.91 Å². The van der Waals surface area contributed by atoms with Gasteiger partial charge in [-0.15, -0.1) is 0 Å². The maximum Gasteiger partial charge on any atom is 0.254 e. The number of rotatable bonds is 1. The van der Waals surface area contributed by atoms with Crippen LogP contribution in [0.3, 0.4) is 0 Å². The summed E-state index contributed by atoms with van der Waals surface area (Å²) in [6.45, 7) is 4.58. The zero-order chi connectivity index (χ0) is 13.3. The van der Waals surface area contributed by atoms with Crippen molar-refractivity contribution in [3.8, 4) is 0 Å². The quantitative estimate of drug-likeness (QED) is 0.790. The van der Waals surface area contributed by atoms with Crippen molar-refractivity contribution < 1.29 is 4.79 Å². The Morgan fingerprint density at radius 2 is 2.17 bits per heavy atom. The summed E-state index contributed by atoms with van der Waals surface area (Å²) in [5, 5.41) is 0.572. The lowest BCUT2D eigenvalue weighted by Crippen LogP contribution is -2.52. The number of carbonyl (C=O) groups excluding carboxylic acids is 1. The van der Waals surface area contributed by atoms with E-state index >= 15 is 0 Å². The van der Waals surface area contributed by atoms with Gasteiger partial charge in [0, 0.05) is 35.7 Å². The van der Waals surface area contributed by atoms with E-state index in [0.717, 1.165) is 24.1 Å². The molecule has 18 heavy (non-hydrogen) atoms. The third-order valence-electron chi connectivity index (χ3n) is 3.41. The summed E-state index contributed by atoms with van der Waals surface area (Å²) >= 11 is 9.35. The average Bonchev–Trinajstić information content (AvgIpc) is 2.35. The molecule has 0 saturated carbocycles. The zero-order valence-electron chi connectivity index (χ0n) is 10.5. The molecule has 5 heteroatoms. The summed E-state index contributed by atoms with van der Waals surface area (Å²) < 4.78 is 0.812. The van der Waals surface area contributed by atoms with E-state index in [1.165, 1.54) is 0 Å². The van der Waals surface area contributed by atoms with Crippen molar-refractivity contribution in [2.75, 3.05) is 26.7 Å². The van der Waals surface area contributed by atoms with Gasteiger partial charge in [-0.1, -0.05) is 11.6 Å². The van der Waals surface area contributed by atoms with Crippen LogP contribution in [0, 0.1) is 0 Å². The molecule has 2 rings (SSSR count). The van der Waals surface area contributed by atoms with Crippen LogP contribution in [0.4, 0.5) is 0 Å². The molecule has 1 amide bonds. The van der Waals surface area contributed by atoms with E-state index in [-0.39, 0.29) is 5.91 Å². The van der Waals surface area contributed by atoms with E-state index < -0.39 is 0 Å². The van der Waals surface area contributed by atoms with E-state index in [4.69, 9.17) is 11.6 Å². The molecule has 1 aliphatic rings. The normalized spacial score (nSPS) is 21.1. The number of benzene rings is 1. The third kappa shape index (κ3) is 2.87. The molecule has 98 valence electrons. The van der Waals surface area contributed by atoms with Crippen LogP contribution >= 0.6 is 27.5 Å². The Morgan fingerprint density at radius 3 is 2.78 bits per heavy atom. The fourth-order valence-corrected chi connectivity index (χ4v) is 2.47. The number of piperazine rings is 1. The molecular formula is C13H16BrClN2O. The second-order valence-electron chi connectivity index (χ2n) is 4.71. The Kier molecular flexibility index (Phi) is 4.30. The first-order chi connectivity index (χ1) is 8.49. The molecule has 1 saturated heterocycles. The Bertz CT molecular complexity index is 466. The molecule has 1 atom stereocenters. The van der Waals surface area contributed by atoms with E-state index in [2.05, 4.69) is 34.8 Å². The van der Waals surface area contributed by atoms with Crippen LogP contribution in [0.25, 0.3) is 0 Å². The Labute approximate surface area is 121 Å². The van der Waals surface area contributed by atoms with Crippen LogP contribution in [0.15, 0.2) is 22.7 Å². The summed E-state index contributed by atoms with van der Waals surface area (Å²) in [7, 11) is 2.09. The van der Waals surface area contributed by atoms with Crippen molar-refractivity contribution in [3.05, 3.63) is 33.3 Å². The van der Waals surface area contributed by atoms with Gasteiger partial charge in [0.2, 0.25) is 0 Å². The Balaban J connectivity index is 2.14. The van der Waals surface area contributed by atoms with Gasteiger partial charge in [0.15, 0.2) is 0 Å². The highest BCUT2D eigenvalue weighted by atomic mass is 79.9. The molecule has 1 fully saturated rings. The lowest BCUT2D eigenvalue weighted by atomic mass is 10.1. The van der Waals surface area contributed by atoms with E-state index in [0.29, 0.717) is 16.6 Å². The van der Waals surface area contributed by atoms with Gasteiger partial charge in [-0.3, -0.25) is 4.79 Å². The molecule has 1 heterocycles. The number of halogens is 2. The summed E-state index contributed by atoms with van der Waals surface area (Å²) in [4.78, 5) is 16.5. The topological polar surface area (TPSA) is 23.6 Å². The second kappa shape index (κ2) is 5.59. The average molecular weight is 332 g/mol. The predicted molar refractivity (Wildman–Crippen MR) is 77.1 cm³/mol. The second-order valence-corrected chi connectivity index (χ2v) is 5.97. The Morgan fingerprint density at radius 1 is 1.44 bits per heavy atom. The third-order valence-corrected chi connectivity index (χ3v) is 4.65. The summed E-state index contributed by atoms with van der Waals surface area (Å²) in [5.74, 6) is 0.0596. The van der Waals surface area contributed by atoms with E-state index in [1.54, 1.807) is 12.1 Å². The molecule has 3 nitrogen and oxygen atoms in total. The fraction of sp³-hybridized carbons (Fsp3) is 0.462. The Hall–Kier alpha value is -0.580. The number of likely N-dealkylation sites (N-methyl/N-ethyl adjacent to an activating group) is 1. The van der Waals surface area contributed by atoms with Crippen molar-refractivity contribution >= 4 is 33.4 Å². The highest BCUT2D eigenvalue weighted by molar-refractivity contribution is 9.10. The van der Waals surface area contributed by atoms with Crippen molar-refractivity contribution in [2.24, 2.45) is 0 Å². The molecule has 0 aliphatic carbocycles. The standard InChI is InChI=1S/C13H16BrClN2O/c1-9-8-17(6-5-16(9)2)13(18)10-3-4-11(14)12(15)7-10/h3-4,7,9H,5-6,8H2,1-2H3. The first kappa shape index (κ1) is 13.8. The van der Waals surface area contributed by atoms with Crippen LogP contribution in [0.2, 0.25) is 5.02 Å². The molecule has 0 bridgehead atoms. The lowest BCUT2D eigenvalue weighted by Gasteiger charge is -2.37. The molecule has 1 unspecified atom stereocenters. The van der Waals surface area contributed by atoms with Gasteiger partial charge >= 0.3 is 0 Å². The van der Waals surface area contributed by atoms with Crippen molar-refractivity contribution in [2.45, 2.75) is 13.0 Å². The van der Waals surface area contributed by atoms with Crippen LogP contribution in [0.1, 0.15) is 17.3 Å². The molecule has 1 aliphatic heterocycles. The minimum atomic E-state index is 0.0596. The lowest BCUT2D eigenvalue weighted by molar-refractivity contribution is 0.0572. The first-order valence-corrected chi connectivity index (χ1v) is 7.10. The zero-order valence-corrected chi connectivity index (χ0v) is 12.8. The SMILES string of the molecule is CC1CN(C(=O)c2ccc(Br)c(Cl)c2)CCN1C. The smallest absolute Gasteiger partial charge is 0.254 e. The van der Waals surface area contributed by atoms with Crippen molar-refractivity contribution in [1.82, 2.24) is 9.80 Å². The number of hydrogen-bond donors (Lipinski definition) is 0. The van der Waals surface area contributed by atoms with Gasteiger partial charge in [0.05, 0.1) is 5.02 Å². The maximum atomic E-state index is 12.3. The van der Waals surface area contributed by atoms with E-state index in [9.17, 15) is 4.79 Å². The monoisotopic (exact) mass is 330 g/mol. The van der Waals surface area contributed by atoms with Gasteiger partial charge in [-0.25, -0.2) is 0 Å². The van der Waals surface area contributed by atoms with Crippen LogP contribution in [-0.2, 0) is 0 Å². The number of carbonyl (C=O) groups is 1. The van der Waals surface area contributed by atoms with Crippen LogP contribution < -0.4 is 0 Å². The maximum absolute atomic E-state index is 12.3. The summed E-state index contributed by atoms with van der Waals surface area (Å²) in [6.07, 6.45) is 0. The number of amides is 1. The summed E-state index contributed by atoms with van der Waals surface area (Å²) in [5.41, 5.74) is 0.653. The predicted octanol–water partition coefficient (Wildman–Crippen LogP) is 2.88. The summed E-state index contributed by atoms with van der Waals surface area (Å²) in [6, 6.07) is 5.74. The minimum absolute atomic E-state index is 0.0596. The molecule has 1 aromatic carbocycles. The first-order valence-electron chi connectivity index (χ1n) is 5.93. The molecule has 0 spiro atoms. The van der Waals surface area contributed by atoms with E-state index in [1.807, 2.05) is 11.0 Å². The highest BCUT2D eigenvalue weighted by Gasteiger charge is 2.25. The van der Waals surface area contributed by atoms with Gasteiger partial charge in [-0.2, -0.15) is 0 Å². The molecule has 0 aromatic heterocycles. The van der Waals surface area contributed by atoms with Crippen LogP contribution in [0.5, 0.6) is 0 Å².